The summed E-state index contributed by atoms with van der Waals surface area (Å²) in [7, 11) is 3.06. The summed E-state index contributed by atoms with van der Waals surface area (Å²) >= 11 is 0. The van der Waals surface area contributed by atoms with Gasteiger partial charge in [-0.15, -0.1) is 0 Å². The van der Waals surface area contributed by atoms with E-state index in [2.05, 4.69) is 16.0 Å². The second-order valence-electron chi connectivity index (χ2n) is 7.89. The van der Waals surface area contributed by atoms with Gasteiger partial charge in [-0.05, 0) is 49.4 Å². The van der Waals surface area contributed by atoms with Crippen molar-refractivity contribution in [3.8, 4) is 11.5 Å². The van der Waals surface area contributed by atoms with Crippen LogP contribution in [0.2, 0.25) is 0 Å². The van der Waals surface area contributed by atoms with Crippen molar-refractivity contribution in [2.45, 2.75) is 44.3 Å². The maximum atomic E-state index is 13.1. The van der Waals surface area contributed by atoms with Crippen molar-refractivity contribution < 1.29 is 24.0 Å². The van der Waals surface area contributed by atoms with Crippen molar-refractivity contribution >= 4 is 23.7 Å². The lowest BCUT2D eigenvalue weighted by Crippen LogP contribution is -2.52. The van der Waals surface area contributed by atoms with Gasteiger partial charge in [0.2, 0.25) is 6.41 Å². The highest BCUT2D eigenvalue weighted by Gasteiger charge is 2.32. The molecule has 1 fully saturated rings. The first kappa shape index (κ1) is 23.8. The molecule has 0 radical (unpaired) electrons. The van der Waals surface area contributed by atoms with Crippen LogP contribution in [-0.2, 0) is 11.3 Å². The summed E-state index contributed by atoms with van der Waals surface area (Å²) < 4.78 is 10.5. The van der Waals surface area contributed by atoms with Gasteiger partial charge in [0.25, 0.3) is 11.6 Å². The number of nitrogens with one attached hydrogen (secondary N) is 3. The number of nitrogens with zero attached hydrogens (tertiary/aromatic N) is 1. The fraction of sp³-hybridized carbons (Fsp3) is 0.391. The monoisotopic (exact) mass is 456 g/mol. The van der Waals surface area contributed by atoms with Crippen LogP contribution < -0.4 is 25.4 Å². The Morgan fingerprint density at radius 3 is 2.45 bits per heavy atom. The molecule has 0 heterocycles. The molecule has 0 aliphatic heterocycles. The van der Waals surface area contributed by atoms with Gasteiger partial charge < -0.3 is 25.4 Å². The van der Waals surface area contributed by atoms with Gasteiger partial charge in [0.1, 0.15) is 5.66 Å². The Morgan fingerprint density at radius 1 is 1.09 bits per heavy atom. The van der Waals surface area contributed by atoms with Crippen LogP contribution >= 0.6 is 0 Å². The molecule has 0 bridgehead atoms. The Bertz CT molecular complexity index is 1020. The molecule has 1 aliphatic rings. The second-order valence-corrected chi connectivity index (χ2v) is 7.89. The minimum atomic E-state index is -0.700. The molecule has 2 aromatic rings. The third-order valence-corrected chi connectivity index (χ3v) is 5.78. The first-order chi connectivity index (χ1) is 15.9. The number of rotatable bonds is 10. The van der Waals surface area contributed by atoms with Crippen LogP contribution in [0.15, 0.2) is 36.4 Å². The van der Waals surface area contributed by atoms with E-state index >= 15 is 0 Å². The van der Waals surface area contributed by atoms with Crippen LogP contribution in [0.25, 0.3) is 0 Å². The number of hydrogen-bond donors (Lipinski definition) is 3. The molecule has 3 N–H and O–H groups in total. The van der Waals surface area contributed by atoms with E-state index < -0.39 is 16.5 Å². The molecular formula is C23H28N4O6. The maximum Gasteiger partial charge on any atom is 0.270 e. The van der Waals surface area contributed by atoms with Crippen molar-refractivity contribution in [1.82, 2.24) is 10.6 Å². The van der Waals surface area contributed by atoms with E-state index in [9.17, 15) is 19.7 Å². The van der Waals surface area contributed by atoms with Crippen molar-refractivity contribution in [2.24, 2.45) is 0 Å². The number of carbonyl (C=O) groups excluding carboxylic acids is 2. The quantitative estimate of drug-likeness (QED) is 0.216. The van der Waals surface area contributed by atoms with Crippen LogP contribution in [0.1, 0.15) is 48.0 Å². The van der Waals surface area contributed by atoms with Gasteiger partial charge in [-0.25, -0.2) is 0 Å². The normalized spacial score (nSPS) is 14.6. The summed E-state index contributed by atoms with van der Waals surface area (Å²) in [6.07, 6.45) is 4.91. The number of carbonyl (C=O) groups is 2. The van der Waals surface area contributed by atoms with E-state index in [1.807, 2.05) is 0 Å². The first-order valence-electron chi connectivity index (χ1n) is 10.7. The van der Waals surface area contributed by atoms with Gasteiger partial charge in [0, 0.05) is 24.4 Å². The van der Waals surface area contributed by atoms with Crippen LogP contribution in [0.4, 0.5) is 11.4 Å². The Balaban J connectivity index is 1.85. The van der Waals surface area contributed by atoms with Gasteiger partial charge in [-0.1, -0.05) is 12.5 Å². The standard InChI is InChI=1S/C23H28N4O6/c1-32-20-9-6-16(12-21(20)33-2)14-24-22(29)18-13-17(27(30)31)7-8-19(18)26-23(25-15-28)10-4-3-5-11-23/h6-9,12-13,15,26H,3-5,10-11,14H2,1-2H3,(H,24,29)(H,25,28). The molecule has 0 unspecified atom stereocenters. The SMILES string of the molecule is COc1ccc(CNC(=O)c2cc([N+](=O)[O-])ccc2NC2(NC=O)CCCCC2)cc1OC. The molecule has 176 valence electrons. The molecule has 0 atom stereocenters. The molecule has 10 heteroatoms. The number of methoxy groups -OCH3 is 2. The lowest BCUT2D eigenvalue weighted by atomic mass is 9.88. The van der Waals surface area contributed by atoms with Gasteiger partial charge in [-0.3, -0.25) is 19.7 Å². The summed E-state index contributed by atoms with van der Waals surface area (Å²) in [4.78, 5) is 35.1. The van der Waals surface area contributed by atoms with Crippen molar-refractivity contribution in [2.75, 3.05) is 19.5 Å². The summed E-state index contributed by atoms with van der Waals surface area (Å²) in [5, 5.41) is 20.3. The largest absolute Gasteiger partial charge is 0.493 e. The van der Waals surface area contributed by atoms with E-state index in [-0.39, 0.29) is 17.8 Å². The van der Waals surface area contributed by atoms with E-state index in [1.165, 1.54) is 32.4 Å². The van der Waals surface area contributed by atoms with Crippen LogP contribution in [0, 0.1) is 10.1 Å². The van der Waals surface area contributed by atoms with E-state index in [1.54, 1.807) is 18.2 Å². The van der Waals surface area contributed by atoms with Gasteiger partial charge >= 0.3 is 0 Å². The van der Waals surface area contributed by atoms with Gasteiger partial charge in [0.05, 0.1) is 24.7 Å². The smallest absolute Gasteiger partial charge is 0.270 e. The molecule has 0 spiro atoms. The average molecular weight is 456 g/mol. The summed E-state index contributed by atoms with van der Waals surface area (Å²) in [5.41, 5.74) is 0.420. The zero-order valence-electron chi connectivity index (χ0n) is 18.7. The molecule has 10 nitrogen and oxygen atoms in total. The number of nitro benzene ring substituents is 1. The third kappa shape index (κ3) is 5.71. The topological polar surface area (TPSA) is 132 Å². The molecule has 0 saturated heterocycles. The highest BCUT2D eigenvalue weighted by Crippen LogP contribution is 2.32. The number of ether oxygens (including phenoxy) is 2. The molecule has 2 aromatic carbocycles. The Labute approximate surface area is 191 Å². The number of hydrogen-bond acceptors (Lipinski definition) is 7. The number of benzene rings is 2. The fourth-order valence-electron chi connectivity index (χ4n) is 4.04. The van der Waals surface area contributed by atoms with Crippen LogP contribution in [0.5, 0.6) is 11.5 Å². The molecule has 1 saturated carbocycles. The maximum absolute atomic E-state index is 13.1. The summed E-state index contributed by atoms with van der Waals surface area (Å²) in [6, 6.07) is 9.36. The van der Waals surface area contributed by atoms with Crippen molar-refractivity contribution in [1.29, 1.82) is 0 Å². The molecule has 3 rings (SSSR count). The van der Waals surface area contributed by atoms with Crippen molar-refractivity contribution in [3.63, 3.8) is 0 Å². The van der Waals surface area contributed by atoms with E-state index in [0.717, 1.165) is 24.8 Å². The third-order valence-electron chi connectivity index (χ3n) is 5.78. The number of nitro groups is 1. The highest BCUT2D eigenvalue weighted by molar-refractivity contribution is 6.00. The summed E-state index contributed by atoms with van der Waals surface area (Å²) in [6.45, 7) is 0.180. The number of amides is 2. The second kappa shape index (κ2) is 10.7. The molecule has 2 amide bonds. The predicted octanol–water partition coefficient (Wildman–Crippen LogP) is 3.36. The van der Waals surface area contributed by atoms with Gasteiger partial charge in [-0.2, -0.15) is 0 Å². The van der Waals surface area contributed by atoms with Gasteiger partial charge in [0.15, 0.2) is 11.5 Å². The number of anilines is 1. The fourth-order valence-corrected chi connectivity index (χ4v) is 4.04. The van der Waals surface area contributed by atoms with E-state index in [0.29, 0.717) is 36.4 Å². The average Bonchev–Trinajstić information content (AvgIpc) is 2.83. The summed E-state index contributed by atoms with van der Waals surface area (Å²) in [5.74, 6) is 0.618. The predicted molar refractivity (Wildman–Crippen MR) is 122 cm³/mol. The lowest BCUT2D eigenvalue weighted by molar-refractivity contribution is -0.384. The first-order valence-corrected chi connectivity index (χ1v) is 10.7. The van der Waals surface area contributed by atoms with Crippen molar-refractivity contribution in [3.05, 3.63) is 57.6 Å². The van der Waals surface area contributed by atoms with E-state index in [4.69, 9.17) is 9.47 Å². The number of non-ortho nitro benzene ring substituents is 1. The highest BCUT2D eigenvalue weighted by atomic mass is 16.6. The lowest BCUT2D eigenvalue weighted by Gasteiger charge is -2.38. The Morgan fingerprint density at radius 2 is 1.82 bits per heavy atom. The molecule has 1 aliphatic carbocycles. The van der Waals surface area contributed by atoms with Crippen LogP contribution in [-0.4, -0.2) is 37.1 Å². The van der Waals surface area contributed by atoms with Crippen LogP contribution in [0.3, 0.4) is 0 Å². The Hall–Kier alpha value is -3.82. The zero-order chi connectivity index (χ0) is 23.8. The molecule has 0 aromatic heterocycles. The minimum absolute atomic E-state index is 0.127. The molecular weight excluding hydrogens is 428 g/mol. The molecule has 33 heavy (non-hydrogen) atoms. The minimum Gasteiger partial charge on any atom is -0.493 e. The zero-order valence-corrected chi connectivity index (χ0v) is 18.7. The Kier molecular flexibility index (Phi) is 7.70.